The minimum Gasteiger partial charge on any atom is -0.232 e. The lowest BCUT2D eigenvalue weighted by Gasteiger charge is -2.13. The second-order valence-electron chi connectivity index (χ2n) is 2.39. The van der Waals surface area contributed by atoms with Gasteiger partial charge in [0.1, 0.15) is 6.10 Å². The summed E-state index contributed by atoms with van der Waals surface area (Å²) in [6.07, 6.45) is -0.463. The van der Waals surface area contributed by atoms with Gasteiger partial charge in [-0.2, -0.15) is 0 Å². The molecule has 0 saturated carbocycles. The van der Waals surface area contributed by atoms with E-state index in [2.05, 4.69) is 15.9 Å². The first-order valence-corrected chi connectivity index (χ1v) is 3.77. The van der Waals surface area contributed by atoms with Crippen LogP contribution in [0.3, 0.4) is 0 Å². The predicted octanol–water partition coefficient (Wildman–Crippen LogP) is 2.22. The second kappa shape index (κ2) is 3.46. The number of halogens is 1. The highest BCUT2D eigenvalue weighted by molar-refractivity contribution is 9.09. The Labute approximate surface area is 59.2 Å². The van der Waals surface area contributed by atoms with Crippen molar-refractivity contribution in [3.8, 4) is 0 Å². The zero-order valence-corrected chi connectivity index (χ0v) is 7.10. The summed E-state index contributed by atoms with van der Waals surface area (Å²) in [5.74, 6) is 0.240. The molecular weight excluding hydrogens is 168 g/mol. The highest BCUT2D eigenvalue weighted by Crippen LogP contribution is 2.12. The van der Waals surface area contributed by atoms with Gasteiger partial charge in [-0.25, -0.2) is 5.11 Å². The highest BCUT2D eigenvalue weighted by atomic mass is 79.9. The molecule has 0 bridgehead atoms. The molecule has 0 aromatic rings. The van der Waals surface area contributed by atoms with Gasteiger partial charge >= 0.3 is 0 Å². The van der Waals surface area contributed by atoms with Crippen molar-refractivity contribution >= 4 is 15.9 Å². The van der Waals surface area contributed by atoms with Crippen LogP contribution in [-0.4, -0.2) is 10.9 Å². The first-order valence-electron chi connectivity index (χ1n) is 2.85. The Morgan fingerprint density at radius 1 is 1.25 bits per heavy atom. The van der Waals surface area contributed by atoms with E-state index < -0.39 is 6.10 Å². The summed E-state index contributed by atoms with van der Waals surface area (Å²) in [5.41, 5.74) is 0. The quantitative estimate of drug-likeness (QED) is 0.580. The molecule has 0 amide bonds. The van der Waals surface area contributed by atoms with Crippen molar-refractivity contribution in [2.75, 3.05) is 0 Å². The summed E-state index contributed by atoms with van der Waals surface area (Å²) >= 11 is 3.23. The van der Waals surface area contributed by atoms with Gasteiger partial charge in [0.2, 0.25) is 0 Å². The van der Waals surface area contributed by atoms with Crippen LogP contribution in [0.4, 0.5) is 0 Å². The monoisotopic (exact) mass is 179 g/mol. The molecule has 0 fully saturated rings. The van der Waals surface area contributed by atoms with Crippen LogP contribution in [0.2, 0.25) is 0 Å². The zero-order chi connectivity index (χ0) is 6.73. The molecular formula is C6H12BrO. The van der Waals surface area contributed by atoms with E-state index in [1.807, 2.05) is 20.8 Å². The summed E-state index contributed by atoms with van der Waals surface area (Å²) in [6, 6.07) is 0. The zero-order valence-electron chi connectivity index (χ0n) is 5.52. The molecule has 0 spiro atoms. The van der Waals surface area contributed by atoms with Crippen LogP contribution in [0, 0.1) is 5.92 Å². The first kappa shape index (κ1) is 8.44. The van der Waals surface area contributed by atoms with E-state index in [-0.39, 0.29) is 10.7 Å². The van der Waals surface area contributed by atoms with Gasteiger partial charge in [-0.05, 0) is 5.92 Å². The molecule has 0 N–H and O–H groups in total. The topological polar surface area (TPSA) is 19.9 Å². The summed E-state index contributed by atoms with van der Waals surface area (Å²) in [6.45, 7) is 5.77. The molecule has 1 nitrogen and oxygen atoms in total. The molecule has 1 radical (unpaired) electrons. The Morgan fingerprint density at radius 2 is 1.62 bits per heavy atom. The van der Waals surface area contributed by atoms with Gasteiger partial charge in [0.05, 0.1) is 0 Å². The largest absolute Gasteiger partial charge is 0.232 e. The predicted molar refractivity (Wildman–Crippen MR) is 37.7 cm³/mol. The summed E-state index contributed by atoms with van der Waals surface area (Å²) < 4.78 is 0. The number of hydrogen-bond acceptors (Lipinski definition) is 0. The number of alkyl halides is 1. The third kappa shape index (κ3) is 2.68. The van der Waals surface area contributed by atoms with Gasteiger partial charge in [-0.3, -0.25) is 0 Å². The van der Waals surface area contributed by atoms with E-state index in [9.17, 15) is 5.11 Å². The van der Waals surface area contributed by atoms with Crippen LogP contribution >= 0.6 is 15.9 Å². The van der Waals surface area contributed by atoms with E-state index in [1.165, 1.54) is 0 Å². The van der Waals surface area contributed by atoms with Crippen molar-refractivity contribution in [3.05, 3.63) is 0 Å². The van der Waals surface area contributed by atoms with Crippen LogP contribution in [0.5, 0.6) is 0 Å². The second-order valence-corrected chi connectivity index (χ2v) is 3.83. The van der Waals surface area contributed by atoms with Crippen molar-refractivity contribution < 1.29 is 5.11 Å². The van der Waals surface area contributed by atoms with Crippen LogP contribution in [-0.2, 0) is 5.11 Å². The molecule has 0 saturated heterocycles. The van der Waals surface area contributed by atoms with Crippen molar-refractivity contribution in [3.63, 3.8) is 0 Å². The van der Waals surface area contributed by atoms with Gasteiger partial charge in [0.25, 0.3) is 0 Å². The van der Waals surface area contributed by atoms with Crippen molar-refractivity contribution in [2.45, 2.75) is 31.7 Å². The summed E-state index contributed by atoms with van der Waals surface area (Å²) in [7, 11) is 0. The normalized spacial score (nSPS) is 18.8. The van der Waals surface area contributed by atoms with Gasteiger partial charge in [0.15, 0.2) is 0 Å². The van der Waals surface area contributed by atoms with Crippen molar-refractivity contribution in [1.29, 1.82) is 0 Å². The molecule has 2 unspecified atom stereocenters. The molecule has 0 rings (SSSR count). The molecule has 49 valence electrons. The first-order chi connectivity index (χ1) is 3.55. The molecule has 0 aromatic carbocycles. The van der Waals surface area contributed by atoms with E-state index in [0.29, 0.717) is 0 Å². The standard InChI is InChI=1S/C6H12BrO/c1-4(2)6(8)5(3)7/h4-6H,1-3H3. The maximum atomic E-state index is 10.9. The van der Waals surface area contributed by atoms with Crippen LogP contribution < -0.4 is 0 Å². The van der Waals surface area contributed by atoms with Gasteiger partial charge in [-0.15, -0.1) is 0 Å². The lowest BCUT2D eigenvalue weighted by atomic mass is 10.1. The average molecular weight is 180 g/mol. The summed E-state index contributed by atoms with van der Waals surface area (Å²) in [4.78, 5) is 0.0995. The van der Waals surface area contributed by atoms with Gasteiger partial charge < -0.3 is 0 Å². The van der Waals surface area contributed by atoms with E-state index in [4.69, 9.17) is 0 Å². The highest BCUT2D eigenvalue weighted by Gasteiger charge is 2.15. The minimum atomic E-state index is -0.463. The Hall–Kier alpha value is 0.440. The molecule has 0 aliphatic rings. The van der Waals surface area contributed by atoms with Crippen molar-refractivity contribution in [2.24, 2.45) is 5.92 Å². The van der Waals surface area contributed by atoms with Crippen LogP contribution in [0.25, 0.3) is 0 Å². The molecule has 0 aromatic heterocycles. The molecule has 0 aliphatic heterocycles. The van der Waals surface area contributed by atoms with Gasteiger partial charge in [-0.1, -0.05) is 36.7 Å². The fourth-order valence-electron chi connectivity index (χ4n) is 0.530. The maximum Gasteiger partial charge on any atom is 0.107 e. The third-order valence-electron chi connectivity index (χ3n) is 1.11. The lowest BCUT2D eigenvalue weighted by molar-refractivity contribution is 0.0528. The number of rotatable bonds is 2. The molecule has 2 heteroatoms. The third-order valence-corrected chi connectivity index (χ3v) is 1.63. The minimum absolute atomic E-state index is 0.0995. The lowest BCUT2D eigenvalue weighted by Crippen LogP contribution is -2.21. The fourth-order valence-corrected chi connectivity index (χ4v) is 1.14. The van der Waals surface area contributed by atoms with E-state index in [1.54, 1.807) is 0 Å². The molecule has 8 heavy (non-hydrogen) atoms. The number of hydrogen-bond donors (Lipinski definition) is 0. The Kier molecular flexibility index (Phi) is 3.65. The van der Waals surface area contributed by atoms with Crippen LogP contribution in [0.15, 0.2) is 0 Å². The van der Waals surface area contributed by atoms with Gasteiger partial charge in [0, 0.05) is 4.83 Å². The molecule has 0 aliphatic carbocycles. The van der Waals surface area contributed by atoms with E-state index in [0.717, 1.165) is 0 Å². The van der Waals surface area contributed by atoms with Crippen molar-refractivity contribution in [1.82, 2.24) is 0 Å². The van der Waals surface area contributed by atoms with Crippen LogP contribution in [0.1, 0.15) is 20.8 Å². The Bertz CT molecular complexity index is 53.5. The molecule has 0 heterocycles. The summed E-state index contributed by atoms with van der Waals surface area (Å²) in [5, 5.41) is 10.9. The maximum absolute atomic E-state index is 10.9. The fraction of sp³-hybridized carbons (Fsp3) is 1.00. The smallest absolute Gasteiger partial charge is 0.107 e. The van der Waals surface area contributed by atoms with E-state index >= 15 is 0 Å². The molecule has 2 atom stereocenters. The Balaban J connectivity index is 3.46. The Morgan fingerprint density at radius 3 is 1.62 bits per heavy atom. The average Bonchev–Trinajstić information content (AvgIpc) is 1.64. The SMILES string of the molecule is CC(C)C([O])C(C)Br.